The Morgan fingerprint density at radius 1 is 1.03 bits per heavy atom. The van der Waals surface area contributed by atoms with Crippen molar-refractivity contribution in [2.75, 3.05) is 26.2 Å². The molecular formula is C26H27Cl2N3O2. The number of halogens is 2. The van der Waals surface area contributed by atoms with Crippen molar-refractivity contribution in [2.45, 2.75) is 18.9 Å². The van der Waals surface area contributed by atoms with Crippen LogP contribution < -0.4 is 10.1 Å². The lowest BCUT2D eigenvalue weighted by Crippen LogP contribution is -2.42. The summed E-state index contributed by atoms with van der Waals surface area (Å²) in [5.41, 5.74) is 1.77. The molecule has 1 amide bonds. The summed E-state index contributed by atoms with van der Waals surface area (Å²) in [7, 11) is 0. The van der Waals surface area contributed by atoms with Crippen LogP contribution in [0.5, 0.6) is 5.75 Å². The van der Waals surface area contributed by atoms with Gasteiger partial charge in [0.1, 0.15) is 12.4 Å². The molecule has 3 aromatic rings. The Labute approximate surface area is 204 Å². The predicted molar refractivity (Wildman–Crippen MR) is 132 cm³/mol. The van der Waals surface area contributed by atoms with Crippen molar-refractivity contribution < 1.29 is 9.53 Å². The van der Waals surface area contributed by atoms with Crippen molar-refractivity contribution in [3.05, 3.63) is 94.2 Å². The quantitative estimate of drug-likeness (QED) is 0.466. The Balaban J connectivity index is 1.30. The van der Waals surface area contributed by atoms with E-state index in [4.69, 9.17) is 27.9 Å². The summed E-state index contributed by atoms with van der Waals surface area (Å²) in [6.07, 6.45) is 3.38. The minimum atomic E-state index is -0.305. The monoisotopic (exact) mass is 483 g/mol. The number of rotatable bonds is 8. The minimum Gasteiger partial charge on any atom is -0.492 e. The van der Waals surface area contributed by atoms with Crippen LogP contribution in [0.3, 0.4) is 0 Å². The number of ether oxygens (including phenoxy) is 1. The van der Waals surface area contributed by atoms with E-state index in [1.165, 1.54) is 0 Å². The zero-order valence-electron chi connectivity index (χ0n) is 18.3. The van der Waals surface area contributed by atoms with Gasteiger partial charge in [0.2, 0.25) is 5.91 Å². The van der Waals surface area contributed by atoms with Crippen molar-refractivity contribution >= 4 is 29.1 Å². The van der Waals surface area contributed by atoms with Crippen molar-refractivity contribution in [2.24, 2.45) is 5.92 Å². The Kier molecular flexibility index (Phi) is 8.21. The number of carbonyl (C=O) groups excluding carboxylic acids is 1. The maximum atomic E-state index is 13.1. The number of pyridine rings is 1. The summed E-state index contributed by atoms with van der Waals surface area (Å²) in [4.78, 5) is 20.0. The summed E-state index contributed by atoms with van der Waals surface area (Å²) >= 11 is 12.1. The molecule has 172 valence electrons. The highest BCUT2D eigenvalue weighted by Gasteiger charge is 2.27. The number of piperidine rings is 1. The summed E-state index contributed by atoms with van der Waals surface area (Å²) in [5.74, 6) is 0.823. The zero-order chi connectivity index (χ0) is 23.0. The Bertz CT molecular complexity index is 1040. The largest absolute Gasteiger partial charge is 0.492 e. The van der Waals surface area contributed by atoms with E-state index >= 15 is 0 Å². The van der Waals surface area contributed by atoms with E-state index in [0.29, 0.717) is 16.7 Å². The van der Waals surface area contributed by atoms with E-state index in [1.54, 1.807) is 6.20 Å². The third-order valence-corrected chi connectivity index (χ3v) is 6.39. The first-order chi connectivity index (χ1) is 16.1. The third kappa shape index (κ3) is 6.70. The minimum absolute atomic E-state index is 0.0198. The smallest absolute Gasteiger partial charge is 0.224 e. The van der Waals surface area contributed by atoms with E-state index in [1.807, 2.05) is 66.7 Å². The molecule has 0 aliphatic carbocycles. The Morgan fingerprint density at radius 2 is 1.82 bits per heavy atom. The van der Waals surface area contributed by atoms with Crippen LogP contribution in [-0.4, -0.2) is 42.0 Å². The van der Waals surface area contributed by atoms with Crippen LogP contribution in [0, 0.1) is 5.92 Å². The molecule has 0 radical (unpaired) electrons. The SMILES string of the molecule is O=C(N[C@H](c1ccc(Cl)cc1)c1ccccn1)C1CCN(CCOc2cccc(Cl)c2)CC1. The van der Waals surface area contributed by atoms with Crippen LogP contribution in [0.1, 0.15) is 30.1 Å². The number of benzene rings is 2. The maximum Gasteiger partial charge on any atom is 0.224 e. The van der Waals surface area contributed by atoms with Gasteiger partial charge in [-0.25, -0.2) is 0 Å². The van der Waals surface area contributed by atoms with Gasteiger partial charge in [0, 0.05) is 28.7 Å². The second-order valence-corrected chi connectivity index (χ2v) is 9.04. The maximum absolute atomic E-state index is 13.1. The van der Waals surface area contributed by atoms with Crippen molar-refractivity contribution in [3.63, 3.8) is 0 Å². The first kappa shape index (κ1) is 23.6. The third-order valence-electron chi connectivity index (χ3n) is 5.90. The summed E-state index contributed by atoms with van der Waals surface area (Å²) in [6.45, 7) is 3.15. The Morgan fingerprint density at radius 3 is 2.52 bits per heavy atom. The standard InChI is InChI=1S/C26H27Cl2N3O2/c27-21-9-7-19(8-10-21)25(24-6-1-2-13-29-24)30-26(32)20-11-14-31(15-12-20)16-17-33-23-5-3-4-22(28)18-23/h1-10,13,18,20,25H,11-12,14-17H2,(H,30,32)/t25-/m1/s1. The number of hydrogen-bond donors (Lipinski definition) is 1. The van der Waals surface area contributed by atoms with E-state index in [2.05, 4.69) is 15.2 Å². The highest BCUT2D eigenvalue weighted by molar-refractivity contribution is 6.30. The van der Waals surface area contributed by atoms with Crippen molar-refractivity contribution in [1.82, 2.24) is 15.2 Å². The second kappa shape index (κ2) is 11.5. The van der Waals surface area contributed by atoms with Gasteiger partial charge in [0.05, 0.1) is 11.7 Å². The first-order valence-electron chi connectivity index (χ1n) is 11.2. The molecule has 1 aromatic heterocycles. The molecular weight excluding hydrogens is 457 g/mol. The molecule has 1 N–H and O–H groups in total. The van der Waals surface area contributed by atoms with Gasteiger partial charge < -0.3 is 10.1 Å². The number of aromatic nitrogens is 1. The summed E-state index contributed by atoms with van der Waals surface area (Å²) in [5, 5.41) is 4.56. The zero-order valence-corrected chi connectivity index (χ0v) is 19.8. The highest BCUT2D eigenvalue weighted by atomic mass is 35.5. The van der Waals surface area contributed by atoms with Gasteiger partial charge in [-0.2, -0.15) is 0 Å². The van der Waals surface area contributed by atoms with Crippen LogP contribution in [-0.2, 0) is 4.79 Å². The number of hydrogen-bond acceptors (Lipinski definition) is 4. The lowest BCUT2D eigenvalue weighted by Gasteiger charge is -2.32. The molecule has 7 heteroatoms. The van der Waals surface area contributed by atoms with Crippen molar-refractivity contribution in [1.29, 1.82) is 0 Å². The molecule has 33 heavy (non-hydrogen) atoms. The predicted octanol–water partition coefficient (Wildman–Crippen LogP) is 5.39. The normalized spacial score (nSPS) is 15.7. The average Bonchev–Trinajstić information content (AvgIpc) is 2.84. The van der Waals surface area contributed by atoms with Crippen LogP contribution in [0.25, 0.3) is 0 Å². The van der Waals surface area contributed by atoms with Gasteiger partial charge in [-0.1, -0.05) is 47.5 Å². The van der Waals surface area contributed by atoms with Gasteiger partial charge in [-0.15, -0.1) is 0 Å². The Hall–Kier alpha value is -2.60. The topological polar surface area (TPSA) is 54.5 Å². The molecule has 0 unspecified atom stereocenters. The number of carbonyl (C=O) groups is 1. The van der Waals surface area contributed by atoms with Gasteiger partial charge >= 0.3 is 0 Å². The van der Waals surface area contributed by atoms with Crippen LogP contribution in [0.2, 0.25) is 10.0 Å². The van der Waals surface area contributed by atoms with Gasteiger partial charge in [-0.3, -0.25) is 14.7 Å². The molecule has 1 atom stereocenters. The molecule has 1 aliphatic heterocycles. The summed E-state index contributed by atoms with van der Waals surface area (Å²) in [6, 6.07) is 20.4. The van der Waals surface area contributed by atoms with Crippen LogP contribution in [0.15, 0.2) is 72.9 Å². The lowest BCUT2D eigenvalue weighted by molar-refractivity contribution is -0.127. The molecule has 2 heterocycles. The molecule has 2 aromatic carbocycles. The van der Waals surface area contributed by atoms with Crippen LogP contribution >= 0.6 is 23.2 Å². The number of amides is 1. The highest BCUT2D eigenvalue weighted by Crippen LogP contribution is 2.25. The molecule has 0 bridgehead atoms. The van der Waals surface area contributed by atoms with Crippen molar-refractivity contribution in [3.8, 4) is 5.75 Å². The van der Waals surface area contributed by atoms with Gasteiger partial charge in [0.15, 0.2) is 0 Å². The molecule has 1 aliphatic rings. The fourth-order valence-corrected chi connectivity index (χ4v) is 4.36. The van der Waals surface area contributed by atoms with E-state index in [-0.39, 0.29) is 17.9 Å². The molecule has 4 rings (SSSR count). The van der Waals surface area contributed by atoms with E-state index in [0.717, 1.165) is 49.5 Å². The van der Waals surface area contributed by atoms with E-state index in [9.17, 15) is 4.79 Å². The fourth-order valence-electron chi connectivity index (χ4n) is 4.06. The average molecular weight is 484 g/mol. The molecule has 1 fully saturated rings. The molecule has 0 saturated carbocycles. The first-order valence-corrected chi connectivity index (χ1v) is 11.9. The van der Waals surface area contributed by atoms with Gasteiger partial charge in [0.25, 0.3) is 0 Å². The lowest BCUT2D eigenvalue weighted by atomic mass is 9.94. The number of nitrogens with zero attached hydrogens (tertiary/aromatic N) is 2. The second-order valence-electron chi connectivity index (χ2n) is 8.17. The van der Waals surface area contributed by atoms with E-state index < -0.39 is 0 Å². The summed E-state index contributed by atoms with van der Waals surface area (Å²) < 4.78 is 5.80. The fraction of sp³-hybridized carbons (Fsp3) is 0.308. The number of likely N-dealkylation sites (tertiary alicyclic amines) is 1. The van der Waals surface area contributed by atoms with Crippen LogP contribution in [0.4, 0.5) is 0 Å². The molecule has 5 nitrogen and oxygen atoms in total. The number of nitrogens with one attached hydrogen (secondary N) is 1. The molecule has 0 spiro atoms. The van der Waals surface area contributed by atoms with Gasteiger partial charge in [-0.05, 0) is 74.0 Å². The molecule has 1 saturated heterocycles.